The SMILES string of the molecule is CN1CCN(c2cn(-c3ccc(F)cc3)c3ccc(Cl)cc23)CC1c1ccccc1. The van der Waals surface area contributed by atoms with E-state index in [1.165, 1.54) is 17.7 Å². The van der Waals surface area contributed by atoms with Crippen molar-refractivity contribution in [2.24, 2.45) is 0 Å². The van der Waals surface area contributed by atoms with Gasteiger partial charge in [-0.3, -0.25) is 4.90 Å². The van der Waals surface area contributed by atoms with E-state index in [0.29, 0.717) is 11.1 Å². The lowest BCUT2D eigenvalue weighted by atomic mass is 10.0. The van der Waals surface area contributed by atoms with E-state index in [4.69, 9.17) is 11.6 Å². The van der Waals surface area contributed by atoms with Crippen LogP contribution in [0.15, 0.2) is 79.0 Å². The fraction of sp³-hybridized carbons (Fsp3) is 0.200. The molecule has 5 heteroatoms. The molecule has 0 saturated carbocycles. The predicted molar refractivity (Wildman–Crippen MR) is 122 cm³/mol. The van der Waals surface area contributed by atoms with Crippen LogP contribution < -0.4 is 4.90 Å². The molecule has 3 aromatic carbocycles. The van der Waals surface area contributed by atoms with E-state index < -0.39 is 0 Å². The van der Waals surface area contributed by atoms with E-state index in [2.05, 4.69) is 57.9 Å². The van der Waals surface area contributed by atoms with Crippen LogP contribution in [0.2, 0.25) is 5.02 Å². The summed E-state index contributed by atoms with van der Waals surface area (Å²) in [4.78, 5) is 4.86. The number of anilines is 1. The number of rotatable bonds is 3. The van der Waals surface area contributed by atoms with Crippen molar-refractivity contribution in [1.82, 2.24) is 9.47 Å². The van der Waals surface area contributed by atoms with Crippen LogP contribution in [0.3, 0.4) is 0 Å². The molecule has 4 aromatic rings. The maximum absolute atomic E-state index is 13.5. The molecule has 1 unspecified atom stereocenters. The van der Waals surface area contributed by atoms with Crippen molar-refractivity contribution in [2.45, 2.75) is 6.04 Å². The van der Waals surface area contributed by atoms with Crippen molar-refractivity contribution in [3.63, 3.8) is 0 Å². The first kappa shape index (κ1) is 19.2. The van der Waals surface area contributed by atoms with Crippen molar-refractivity contribution in [3.8, 4) is 5.69 Å². The Morgan fingerprint density at radius 1 is 0.933 bits per heavy atom. The van der Waals surface area contributed by atoms with Gasteiger partial charge in [0.05, 0.1) is 17.2 Å². The number of hydrogen-bond donors (Lipinski definition) is 0. The number of likely N-dealkylation sites (N-methyl/N-ethyl adjacent to an activating group) is 1. The first-order valence-corrected chi connectivity index (χ1v) is 10.5. The average Bonchev–Trinajstić information content (AvgIpc) is 3.14. The van der Waals surface area contributed by atoms with Gasteiger partial charge in [0, 0.05) is 41.9 Å². The van der Waals surface area contributed by atoms with E-state index in [9.17, 15) is 4.39 Å². The molecular weight excluding hydrogens is 397 g/mol. The lowest BCUT2D eigenvalue weighted by molar-refractivity contribution is 0.221. The normalized spacial score (nSPS) is 17.6. The minimum Gasteiger partial charge on any atom is -0.367 e. The van der Waals surface area contributed by atoms with Crippen LogP contribution in [0.4, 0.5) is 10.1 Å². The minimum atomic E-state index is -0.233. The Hall–Kier alpha value is -2.82. The van der Waals surface area contributed by atoms with Crippen LogP contribution in [-0.4, -0.2) is 36.1 Å². The molecule has 0 N–H and O–H groups in total. The third-order valence-corrected chi connectivity index (χ3v) is 6.26. The maximum Gasteiger partial charge on any atom is 0.123 e. The number of hydrogen-bond acceptors (Lipinski definition) is 2. The van der Waals surface area contributed by atoms with E-state index in [0.717, 1.165) is 41.9 Å². The molecule has 0 radical (unpaired) electrons. The fourth-order valence-corrected chi connectivity index (χ4v) is 4.55. The molecule has 1 fully saturated rings. The topological polar surface area (TPSA) is 11.4 Å². The van der Waals surface area contributed by atoms with Gasteiger partial charge >= 0.3 is 0 Å². The second-order valence-corrected chi connectivity index (χ2v) is 8.31. The summed E-state index contributed by atoms with van der Waals surface area (Å²) in [6, 6.07) is 23.6. The summed E-state index contributed by atoms with van der Waals surface area (Å²) in [6.07, 6.45) is 2.15. The molecule has 30 heavy (non-hydrogen) atoms. The Labute approximate surface area is 180 Å². The van der Waals surface area contributed by atoms with Crippen LogP contribution in [0.5, 0.6) is 0 Å². The minimum absolute atomic E-state index is 0.233. The summed E-state index contributed by atoms with van der Waals surface area (Å²) in [5.74, 6) is -0.233. The molecule has 1 aliphatic heterocycles. The number of nitrogens with zero attached hydrogens (tertiary/aromatic N) is 3. The van der Waals surface area contributed by atoms with Gasteiger partial charge in [-0.15, -0.1) is 0 Å². The molecule has 0 amide bonds. The first-order chi connectivity index (χ1) is 14.6. The second-order valence-electron chi connectivity index (χ2n) is 7.88. The van der Waals surface area contributed by atoms with Gasteiger partial charge in [-0.25, -0.2) is 4.39 Å². The standard InChI is InChI=1S/C25H23ClFN3/c1-28-13-14-29(16-24(28)18-5-3-2-4-6-18)25-17-30(21-10-8-20(27)9-11-21)23-12-7-19(26)15-22(23)25/h2-12,15,17,24H,13-14,16H2,1H3. The lowest BCUT2D eigenvalue weighted by Gasteiger charge is -2.40. The van der Waals surface area contributed by atoms with Crippen LogP contribution in [-0.2, 0) is 0 Å². The average molecular weight is 420 g/mol. The monoisotopic (exact) mass is 419 g/mol. The molecular formula is C25H23ClFN3. The molecule has 1 saturated heterocycles. The fourth-order valence-electron chi connectivity index (χ4n) is 4.38. The molecule has 2 heterocycles. The highest BCUT2D eigenvalue weighted by Crippen LogP contribution is 2.36. The van der Waals surface area contributed by atoms with Crippen LogP contribution >= 0.6 is 11.6 Å². The van der Waals surface area contributed by atoms with E-state index in [1.807, 2.05) is 30.3 Å². The summed E-state index contributed by atoms with van der Waals surface area (Å²) in [6.45, 7) is 2.81. The van der Waals surface area contributed by atoms with Gasteiger partial charge < -0.3 is 9.47 Å². The highest BCUT2D eigenvalue weighted by Gasteiger charge is 2.27. The Bertz CT molecular complexity index is 1170. The van der Waals surface area contributed by atoms with Crippen molar-refractivity contribution in [2.75, 3.05) is 31.6 Å². The second kappa shape index (κ2) is 7.78. The van der Waals surface area contributed by atoms with Crippen molar-refractivity contribution < 1.29 is 4.39 Å². The van der Waals surface area contributed by atoms with Gasteiger partial charge in [-0.1, -0.05) is 41.9 Å². The highest BCUT2D eigenvalue weighted by atomic mass is 35.5. The van der Waals surface area contributed by atoms with E-state index in [-0.39, 0.29) is 5.82 Å². The smallest absolute Gasteiger partial charge is 0.123 e. The largest absolute Gasteiger partial charge is 0.367 e. The third-order valence-electron chi connectivity index (χ3n) is 6.02. The predicted octanol–water partition coefficient (Wildman–Crippen LogP) is 5.92. The molecule has 1 aromatic heterocycles. The van der Waals surface area contributed by atoms with Crippen molar-refractivity contribution in [3.05, 3.63) is 95.4 Å². The zero-order valence-electron chi connectivity index (χ0n) is 16.8. The van der Waals surface area contributed by atoms with Gasteiger partial charge in [0.1, 0.15) is 5.82 Å². The summed E-state index contributed by atoms with van der Waals surface area (Å²) >= 11 is 6.37. The molecule has 3 nitrogen and oxygen atoms in total. The summed E-state index contributed by atoms with van der Waals surface area (Å²) in [7, 11) is 2.19. The van der Waals surface area contributed by atoms with Gasteiger partial charge in [0.2, 0.25) is 0 Å². The van der Waals surface area contributed by atoms with Crippen molar-refractivity contribution in [1.29, 1.82) is 0 Å². The van der Waals surface area contributed by atoms with Crippen molar-refractivity contribution >= 4 is 28.2 Å². The summed E-state index contributed by atoms with van der Waals surface area (Å²) in [5.41, 5.74) is 4.48. The molecule has 1 atom stereocenters. The quantitative estimate of drug-likeness (QED) is 0.408. The third kappa shape index (κ3) is 3.47. The number of aromatic nitrogens is 1. The molecule has 1 aliphatic rings. The number of benzene rings is 3. The number of fused-ring (bicyclic) bond motifs is 1. The van der Waals surface area contributed by atoms with Gasteiger partial charge in [0.15, 0.2) is 0 Å². The van der Waals surface area contributed by atoms with E-state index in [1.54, 1.807) is 0 Å². The molecule has 5 rings (SSSR count). The van der Waals surface area contributed by atoms with Crippen LogP contribution in [0, 0.1) is 5.82 Å². The Morgan fingerprint density at radius 3 is 2.47 bits per heavy atom. The maximum atomic E-state index is 13.5. The molecule has 0 aliphatic carbocycles. The lowest BCUT2D eigenvalue weighted by Crippen LogP contribution is -2.46. The van der Waals surface area contributed by atoms with Gasteiger partial charge in [-0.2, -0.15) is 0 Å². The summed E-state index contributed by atoms with van der Waals surface area (Å²) < 4.78 is 15.6. The highest BCUT2D eigenvalue weighted by molar-refractivity contribution is 6.31. The Morgan fingerprint density at radius 2 is 1.70 bits per heavy atom. The number of piperazine rings is 1. The zero-order valence-corrected chi connectivity index (χ0v) is 17.6. The van der Waals surface area contributed by atoms with Crippen LogP contribution in [0.1, 0.15) is 11.6 Å². The Balaban J connectivity index is 1.58. The first-order valence-electron chi connectivity index (χ1n) is 10.2. The Kier molecular flexibility index (Phi) is 4.97. The molecule has 0 spiro atoms. The number of halogens is 2. The van der Waals surface area contributed by atoms with Crippen LogP contribution in [0.25, 0.3) is 16.6 Å². The molecule has 152 valence electrons. The van der Waals surface area contributed by atoms with E-state index >= 15 is 0 Å². The zero-order chi connectivity index (χ0) is 20.7. The van der Waals surface area contributed by atoms with Gasteiger partial charge in [-0.05, 0) is 55.1 Å². The molecule has 0 bridgehead atoms. The summed E-state index contributed by atoms with van der Waals surface area (Å²) in [5, 5.41) is 1.83. The van der Waals surface area contributed by atoms with Gasteiger partial charge in [0.25, 0.3) is 0 Å².